The maximum atomic E-state index is 12.6. The molecule has 2 rings (SSSR count). The zero-order valence-electron chi connectivity index (χ0n) is 14.2. The second-order valence-electron chi connectivity index (χ2n) is 5.45. The number of rotatable bonds is 6. The molecule has 1 fully saturated rings. The van der Waals surface area contributed by atoms with Gasteiger partial charge in [-0.3, -0.25) is 35.7 Å². The average molecular weight is 395 g/mol. The van der Waals surface area contributed by atoms with Crippen molar-refractivity contribution in [2.24, 2.45) is 0 Å². The zero-order valence-corrected chi connectivity index (χ0v) is 14.2. The molecule has 2 N–H and O–H groups in total. The number of non-ortho nitro benzene ring substituents is 1. The number of nitrogens with zero attached hydrogens (tertiary/aromatic N) is 3. The number of nitrogens with one attached hydrogen (secondary N) is 2. The highest BCUT2D eigenvalue weighted by Crippen LogP contribution is 2.38. The van der Waals surface area contributed by atoms with Crippen LogP contribution in [0, 0.1) is 30.3 Å². The molecule has 0 bridgehead atoms. The summed E-state index contributed by atoms with van der Waals surface area (Å²) < 4.78 is 4.76. The number of hydrogen-bond donors (Lipinski definition) is 2. The minimum Gasteiger partial charge on any atom is -0.460 e. The van der Waals surface area contributed by atoms with Crippen molar-refractivity contribution < 1.29 is 29.1 Å². The predicted molar refractivity (Wildman–Crippen MR) is 88.9 cm³/mol. The Balaban J connectivity index is 2.74. The van der Waals surface area contributed by atoms with E-state index < -0.39 is 44.0 Å². The van der Waals surface area contributed by atoms with E-state index in [0.29, 0.717) is 0 Å². The Morgan fingerprint density at radius 1 is 1.21 bits per heavy atom. The SMILES string of the molecule is CCOC(=O)C1([N+](=O)[O-])/C(=C/[N+](=O)[O-])NC(=O)NC1c1ccc([N+](=O)[O-])cc1. The highest BCUT2D eigenvalue weighted by atomic mass is 16.6. The lowest BCUT2D eigenvalue weighted by molar-refractivity contribution is -0.553. The van der Waals surface area contributed by atoms with Crippen molar-refractivity contribution in [3.8, 4) is 0 Å². The monoisotopic (exact) mass is 395 g/mol. The fourth-order valence-corrected chi connectivity index (χ4v) is 2.74. The maximum Gasteiger partial charge on any atom is 0.394 e. The summed E-state index contributed by atoms with van der Waals surface area (Å²) in [5, 5.41) is 37.8. The number of nitro benzene ring substituents is 1. The summed E-state index contributed by atoms with van der Waals surface area (Å²) >= 11 is 0. The number of hydrogen-bond acceptors (Lipinski definition) is 9. The van der Waals surface area contributed by atoms with Crippen molar-refractivity contribution in [2.45, 2.75) is 18.5 Å². The Labute approximate surface area is 155 Å². The molecule has 148 valence electrons. The van der Waals surface area contributed by atoms with Gasteiger partial charge < -0.3 is 10.1 Å². The van der Waals surface area contributed by atoms with Crippen molar-refractivity contribution in [3.05, 3.63) is 72.1 Å². The van der Waals surface area contributed by atoms with Crippen LogP contribution in [0.1, 0.15) is 18.5 Å². The second-order valence-corrected chi connectivity index (χ2v) is 5.45. The highest BCUT2D eigenvalue weighted by Gasteiger charge is 2.67. The minimum absolute atomic E-state index is 0.0700. The summed E-state index contributed by atoms with van der Waals surface area (Å²) in [6, 6.07) is 1.43. The van der Waals surface area contributed by atoms with Crippen molar-refractivity contribution in [1.29, 1.82) is 0 Å². The molecule has 2 atom stereocenters. The number of carbonyl (C=O) groups is 2. The molecular formula is C14H13N5O9. The molecule has 1 aromatic rings. The Morgan fingerprint density at radius 2 is 1.82 bits per heavy atom. The molecule has 14 heteroatoms. The van der Waals surface area contributed by atoms with Crippen molar-refractivity contribution in [1.82, 2.24) is 10.6 Å². The first-order valence-electron chi connectivity index (χ1n) is 7.64. The normalized spacial score (nSPS) is 22.7. The van der Waals surface area contributed by atoms with Crippen LogP contribution in [0.3, 0.4) is 0 Å². The van der Waals surface area contributed by atoms with E-state index >= 15 is 0 Å². The molecule has 2 amide bonds. The van der Waals surface area contributed by atoms with Crippen LogP contribution in [0.5, 0.6) is 0 Å². The number of urea groups is 1. The van der Waals surface area contributed by atoms with Gasteiger partial charge in [-0.1, -0.05) is 0 Å². The summed E-state index contributed by atoms with van der Waals surface area (Å²) in [5.74, 6) is -1.45. The molecule has 0 aromatic heterocycles. The summed E-state index contributed by atoms with van der Waals surface area (Å²) in [7, 11) is 0. The van der Waals surface area contributed by atoms with Gasteiger partial charge in [0.25, 0.3) is 11.9 Å². The predicted octanol–water partition coefficient (Wildman–Crippen LogP) is 0.645. The molecule has 0 radical (unpaired) electrons. The largest absolute Gasteiger partial charge is 0.460 e. The third-order valence-electron chi connectivity index (χ3n) is 3.90. The number of esters is 1. The fourth-order valence-electron chi connectivity index (χ4n) is 2.74. The Morgan fingerprint density at radius 3 is 2.29 bits per heavy atom. The van der Waals surface area contributed by atoms with Crippen LogP contribution in [-0.4, -0.2) is 38.9 Å². The summed E-state index contributed by atoms with van der Waals surface area (Å²) in [6.45, 7) is 1.10. The maximum absolute atomic E-state index is 12.6. The van der Waals surface area contributed by atoms with Gasteiger partial charge in [-0.15, -0.1) is 0 Å². The van der Waals surface area contributed by atoms with Crippen LogP contribution in [0.2, 0.25) is 0 Å². The molecule has 2 unspecified atom stereocenters. The number of amides is 2. The molecular weight excluding hydrogens is 382 g/mol. The van der Waals surface area contributed by atoms with Gasteiger partial charge in [-0.25, -0.2) is 9.59 Å². The lowest BCUT2D eigenvalue weighted by atomic mass is 9.81. The van der Waals surface area contributed by atoms with E-state index in [2.05, 4.69) is 5.32 Å². The molecule has 1 aliphatic heterocycles. The van der Waals surface area contributed by atoms with Gasteiger partial charge >= 0.3 is 17.5 Å². The molecule has 0 aliphatic carbocycles. The molecule has 14 nitrogen and oxygen atoms in total. The van der Waals surface area contributed by atoms with Crippen molar-refractivity contribution in [3.63, 3.8) is 0 Å². The van der Waals surface area contributed by atoms with E-state index in [4.69, 9.17) is 4.74 Å². The quantitative estimate of drug-likeness (QED) is 0.394. The van der Waals surface area contributed by atoms with Gasteiger partial charge in [-0.05, 0) is 24.6 Å². The van der Waals surface area contributed by atoms with Crippen LogP contribution >= 0.6 is 0 Å². The van der Waals surface area contributed by atoms with Gasteiger partial charge in [0.15, 0.2) is 5.70 Å². The van der Waals surface area contributed by atoms with E-state index in [9.17, 15) is 39.9 Å². The number of carbonyl (C=O) groups excluding carboxylic acids is 2. The zero-order chi connectivity index (χ0) is 21.1. The molecule has 1 heterocycles. The smallest absolute Gasteiger partial charge is 0.394 e. The van der Waals surface area contributed by atoms with Crippen LogP contribution in [0.15, 0.2) is 36.2 Å². The molecule has 28 heavy (non-hydrogen) atoms. The van der Waals surface area contributed by atoms with Gasteiger partial charge in [0.1, 0.15) is 6.04 Å². The van der Waals surface area contributed by atoms with E-state index in [0.717, 1.165) is 24.3 Å². The minimum atomic E-state index is -2.91. The van der Waals surface area contributed by atoms with E-state index in [1.54, 1.807) is 0 Å². The molecule has 1 aromatic carbocycles. The Kier molecular flexibility index (Phi) is 5.52. The van der Waals surface area contributed by atoms with E-state index in [1.807, 2.05) is 5.32 Å². The van der Waals surface area contributed by atoms with E-state index in [-0.39, 0.29) is 24.1 Å². The molecule has 1 saturated heterocycles. The lowest BCUT2D eigenvalue weighted by Crippen LogP contribution is -2.66. The topological polar surface area (TPSA) is 197 Å². The summed E-state index contributed by atoms with van der Waals surface area (Å²) in [6.07, 6.45) is 0.136. The van der Waals surface area contributed by atoms with Crippen LogP contribution < -0.4 is 10.6 Å². The van der Waals surface area contributed by atoms with Gasteiger partial charge in [0.05, 0.1) is 16.5 Å². The Bertz CT molecular complexity index is 882. The standard InChI is InChI=1S/C14H13N5O9/c1-2-28-12(20)14(19(26)27)10(7-17(22)23)15-13(21)16-11(14)8-3-5-9(6-4-8)18(24)25/h3-7,11H,2H2,1H3,(H2,15,16,21)/b10-7-. The fraction of sp³-hybridized carbons (Fsp3) is 0.286. The van der Waals surface area contributed by atoms with Crippen LogP contribution in [0.25, 0.3) is 0 Å². The highest BCUT2D eigenvalue weighted by molar-refractivity contribution is 5.91. The van der Waals surface area contributed by atoms with Gasteiger partial charge in [-0.2, -0.15) is 0 Å². The number of nitro groups is 3. The van der Waals surface area contributed by atoms with E-state index in [1.165, 1.54) is 6.92 Å². The first-order chi connectivity index (χ1) is 13.1. The molecule has 0 spiro atoms. The van der Waals surface area contributed by atoms with Crippen LogP contribution in [-0.2, 0) is 9.53 Å². The first kappa shape index (κ1) is 20.2. The molecule has 0 saturated carbocycles. The average Bonchev–Trinajstić information content (AvgIpc) is 2.60. The summed E-state index contributed by atoms with van der Waals surface area (Å²) in [5.41, 5.74) is -4.23. The first-order valence-corrected chi connectivity index (χ1v) is 7.64. The van der Waals surface area contributed by atoms with Crippen LogP contribution in [0.4, 0.5) is 10.5 Å². The van der Waals surface area contributed by atoms with Gasteiger partial charge in [0, 0.05) is 17.1 Å². The second kappa shape index (κ2) is 7.65. The summed E-state index contributed by atoms with van der Waals surface area (Å²) in [4.78, 5) is 55.4. The number of benzene rings is 1. The number of ether oxygens (including phenoxy) is 1. The van der Waals surface area contributed by atoms with Gasteiger partial charge in [0.2, 0.25) is 0 Å². The van der Waals surface area contributed by atoms with Crippen molar-refractivity contribution in [2.75, 3.05) is 6.61 Å². The van der Waals surface area contributed by atoms with Crippen molar-refractivity contribution >= 4 is 17.7 Å². The lowest BCUT2D eigenvalue weighted by Gasteiger charge is -2.36. The molecule has 1 aliphatic rings. The Hall–Kier alpha value is -4.10. The third kappa shape index (κ3) is 3.42. The third-order valence-corrected chi connectivity index (χ3v) is 3.90.